The SMILES string of the molecule is CS(=O)Cc1noc(C2CNC2)n1. The lowest BCUT2D eigenvalue weighted by atomic mass is 10.0. The third-order valence-electron chi connectivity index (χ3n) is 1.95. The first-order chi connectivity index (χ1) is 6.25. The molecule has 0 aliphatic carbocycles. The summed E-state index contributed by atoms with van der Waals surface area (Å²) in [4.78, 5) is 4.16. The van der Waals surface area contributed by atoms with Gasteiger partial charge >= 0.3 is 0 Å². The van der Waals surface area contributed by atoms with Gasteiger partial charge in [0, 0.05) is 30.1 Å². The zero-order chi connectivity index (χ0) is 9.26. The van der Waals surface area contributed by atoms with Gasteiger partial charge in [-0.1, -0.05) is 5.16 Å². The second-order valence-electron chi connectivity index (χ2n) is 3.12. The Hall–Kier alpha value is -0.750. The maximum atomic E-state index is 10.9. The first kappa shape index (κ1) is 8.83. The van der Waals surface area contributed by atoms with E-state index in [4.69, 9.17) is 4.52 Å². The quantitative estimate of drug-likeness (QED) is 0.723. The zero-order valence-electron chi connectivity index (χ0n) is 7.32. The van der Waals surface area contributed by atoms with Crippen LogP contribution in [-0.2, 0) is 16.6 Å². The summed E-state index contributed by atoms with van der Waals surface area (Å²) in [5.74, 6) is 1.94. The maximum Gasteiger partial charge on any atom is 0.232 e. The summed E-state index contributed by atoms with van der Waals surface area (Å²) in [6.07, 6.45) is 1.63. The van der Waals surface area contributed by atoms with Crippen molar-refractivity contribution in [1.82, 2.24) is 15.5 Å². The molecule has 0 spiro atoms. The Balaban J connectivity index is 2.04. The molecular weight excluding hydrogens is 190 g/mol. The molecule has 1 aliphatic rings. The summed E-state index contributed by atoms with van der Waals surface area (Å²) >= 11 is 0. The third kappa shape index (κ3) is 1.94. The second-order valence-corrected chi connectivity index (χ2v) is 4.56. The second kappa shape index (κ2) is 3.55. The van der Waals surface area contributed by atoms with E-state index in [-0.39, 0.29) is 0 Å². The molecule has 1 unspecified atom stereocenters. The van der Waals surface area contributed by atoms with Crippen LogP contribution in [0.4, 0.5) is 0 Å². The van der Waals surface area contributed by atoms with Crippen molar-refractivity contribution in [2.24, 2.45) is 0 Å². The first-order valence-corrected chi connectivity index (χ1v) is 5.81. The number of hydrogen-bond acceptors (Lipinski definition) is 5. The van der Waals surface area contributed by atoms with Crippen LogP contribution in [0.3, 0.4) is 0 Å². The van der Waals surface area contributed by atoms with Gasteiger partial charge in [0.2, 0.25) is 5.89 Å². The summed E-state index contributed by atoms with van der Waals surface area (Å²) in [7, 11) is -0.901. The smallest absolute Gasteiger partial charge is 0.232 e. The summed E-state index contributed by atoms with van der Waals surface area (Å²) in [5.41, 5.74) is 0. The third-order valence-corrected chi connectivity index (χ3v) is 2.61. The molecule has 1 aromatic heterocycles. The van der Waals surface area contributed by atoms with E-state index in [1.807, 2.05) is 0 Å². The minimum atomic E-state index is -0.901. The molecule has 5 nitrogen and oxygen atoms in total. The van der Waals surface area contributed by atoms with Gasteiger partial charge in [-0.15, -0.1) is 0 Å². The molecule has 13 heavy (non-hydrogen) atoms. The van der Waals surface area contributed by atoms with Crippen molar-refractivity contribution < 1.29 is 8.73 Å². The molecule has 0 saturated carbocycles. The van der Waals surface area contributed by atoms with E-state index in [0.29, 0.717) is 23.4 Å². The number of hydrogen-bond donors (Lipinski definition) is 1. The van der Waals surface area contributed by atoms with Crippen LogP contribution >= 0.6 is 0 Å². The van der Waals surface area contributed by atoms with Crippen molar-refractivity contribution in [3.8, 4) is 0 Å². The summed E-state index contributed by atoms with van der Waals surface area (Å²) < 4.78 is 15.9. The molecule has 2 rings (SSSR count). The van der Waals surface area contributed by atoms with Crippen LogP contribution < -0.4 is 5.32 Å². The van der Waals surface area contributed by atoms with E-state index in [0.717, 1.165) is 13.1 Å². The molecule has 0 bridgehead atoms. The van der Waals surface area contributed by atoms with Gasteiger partial charge in [0.1, 0.15) is 0 Å². The van der Waals surface area contributed by atoms with Gasteiger partial charge in [-0.3, -0.25) is 4.21 Å². The molecule has 1 fully saturated rings. The normalized spacial score (nSPS) is 19.8. The standard InChI is InChI=1S/C7H11N3O2S/c1-13(11)4-6-9-7(12-10-6)5-2-8-3-5/h5,8H,2-4H2,1H3. The predicted octanol–water partition coefficient (Wildman–Crippen LogP) is -0.365. The molecule has 6 heteroatoms. The van der Waals surface area contributed by atoms with Crippen LogP contribution in [0.15, 0.2) is 4.52 Å². The molecule has 0 amide bonds. The van der Waals surface area contributed by atoms with Crippen molar-refractivity contribution in [2.45, 2.75) is 11.7 Å². The molecule has 1 aromatic rings. The largest absolute Gasteiger partial charge is 0.339 e. The minimum absolute atomic E-state index is 0.353. The Morgan fingerprint density at radius 1 is 1.69 bits per heavy atom. The lowest BCUT2D eigenvalue weighted by molar-refractivity contribution is 0.306. The fraction of sp³-hybridized carbons (Fsp3) is 0.714. The molecule has 1 N–H and O–H groups in total. The molecule has 1 aliphatic heterocycles. The molecular formula is C7H11N3O2S. The van der Waals surface area contributed by atoms with Crippen molar-refractivity contribution in [1.29, 1.82) is 0 Å². The van der Waals surface area contributed by atoms with E-state index in [2.05, 4.69) is 15.5 Å². The molecule has 72 valence electrons. The predicted molar refractivity (Wildman–Crippen MR) is 47.7 cm³/mol. The van der Waals surface area contributed by atoms with E-state index in [9.17, 15) is 4.21 Å². The number of aromatic nitrogens is 2. The van der Waals surface area contributed by atoms with Gasteiger partial charge in [-0.2, -0.15) is 4.98 Å². The van der Waals surface area contributed by atoms with Crippen LogP contribution in [0.25, 0.3) is 0 Å². The van der Waals surface area contributed by atoms with E-state index >= 15 is 0 Å². The molecule has 1 saturated heterocycles. The van der Waals surface area contributed by atoms with Gasteiger partial charge in [0.05, 0.1) is 11.7 Å². The van der Waals surface area contributed by atoms with Crippen LogP contribution in [0.1, 0.15) is 17.6 Å². The topological polar surface area (TPSA) is 68.0 Å². The van der Waals surface area contributed by atoms with Crippen molar-refractivity contribution in [3.05, 3.63) is 11.7 Å². The van der Waals surface area contributed by atoms with Gasteiger partial charge < -0.3 is 9.84 Å². The van der Waals surface area contributed by atoms with E-state index < -0.39 is 10.8 Å². The van der Waals surface area contributed by atoms with Crippen LogP contribution in [0.2, 0.25) is 0 Å². The Morgan fingerprint density at radius 3 is 3.00 bits per heavy atom. The van der Waals surface area contributed by atoms with Crippen LogP contribution in [-0.4, -0.2) is 33.7 Å². The lowest BCUT2D eigenvalue weighted by Crippen LogP contribution is -2.40. The first-order valence-electron chi connectivity index (χ1n) is 4.09. The number of nitrogens with one attached hydrogen (secondary N) is 1. The highest BCUT2D eigenvalue weighted by atomic mass is 32.2. The Morgan fingerprint density at radius 2 is 2.46 bits per heavy atom. The summed E-state index contributed by atoms with van der Waals surface area (Å²) in [5, 5.41) is 6.87. The van der Waals surface area contributed by atoms with Crippen molar-refractivity contribution >= 4 is 10.8 Å². The summed E-state index contributed by atoms with van der Waals surface area (Å²) in [6, 6.07) is 0. The van der Waals surface area contributed by atoms with Gasteiger partial charge in [0.15, 0.2) is 5.82 Å². The number of rotatable bonds is 3. The highest BCUT2D eigenvalue weighted by molar-refractivity contribution is 7.83. The van der Waals surface area contributed by atoms with Crippen LogP contribution in [0, 0.1) is 0 Å². The lowest BCUT2D eigenvalue weighted by Gasteiger charge is -2.22. The van der Waals surface area contributed by atoms with Crippen LogP contribution in [0.5, 0.6) is 0 Å². The molecule has 1 atom stereocenters. The van der Waals surface area contributed by atoms with Crippen molar-refractivity contribution in [2.75, 3.05) is 19.3 Å². The monoisotopic (exact) mass is 201 g/mol. The fourth-order valence-corrected chi connectivity index (χ4v) is 1.62. The summed E-state index contributed by atoms with van der Waals surface area (Å²) in [6.45, 7) is 1.80. The molecule has 0 aromatic carbocycles. The van der Waals surface area contributed by atoms with Gasteiger partial charge in [-0.05, 0) is 0 Å². The fourth-order valence-electron chi connectivity index (χ4n) is 1.14. The number of nitrogens with zero attached hydrogens (tertiary/aromatic N) is 2. The van der Waals surface area contributed by atoms with Gasteiger partial charge in [-0.25, -0.2) is 0 Å². The Labute approximate surface area is 78.4 Å². The maximum absolute atomic E-state index is 10.9. The van der Waals surface area contributed by atoms with E-state index in [1.54, 1.807) is 6.26 Å². The van der Waals surface area contributed by atoms with E-state index in [1.165, 1.54) is 0 Å². The average Bonchev–Trinajstić information content (AvgIpc) is 2.31. The zero-order valence-corrected chi connectivity index (χ0v) is 8.13. The minimum Gasteiger partial charge on any atom is -0.339 e. The highest BCUT2D eigenvalue weighted by Crippen LogP contribution is 2.17. The molecule has 2 heterocycles. The Kier molecular flexibility index (Phi) is 2.41. The van der Waals surface area contributed by atoms with Gasteiger partial charge in [0.25, 0.3) is 0 Å². The molecule has 0 radical (unpaired) electrons. The van der Waals surface area contributed by atoms with Crippen molar-refractivity contribution in [3.63, 3.8) is 0 Å². The highest BCUT2D eigenvalue weighted by Gasteiger charge is 2.24. The average molecular weight is 201 g/mol. The Bertz CT molecular complexity index is 321.